The molecule has 0 saturated carbocycles. The van der Waals surface area contributed by atoms with Crippen LogP contribution in [0.3, 0.4) is 0 Å². The summed E-state index contributed by atoms with van der Waals surface area (Å²) in [5.41, 5.74) is 1.22. The molecule has 1 atom stereocenters. The maximum atomic E-state index is 11.8. The molecule has 1 N–H and O–H groups in total. The van der Waals surface area contributed by atoms with E-state index in [-0.39, 0.29) is 12.0 Å². The molecule has 0 saturated heterocycles. The lowest BCUT2D eigenvalue weighted by Crippen LogP contribution is -2.27. The van der Waals surface area contributed by atoms with E-state index < -0.39 is 0 Å². The summed E-state index contributed by atoms with van der Waals surface area (Å²) in [5, 5.41) is 3.00. The zero-order chi connectivity index (χ0) is 15.7. The maximum absolute atomic E-state index is 11.8. The van der Waals surface area contributed by atoms with Gasteiger partial charge in [0.1, 0.15) is 5.75 Å². The third kappa shape index (κ3) is 7.74. The second-order valence-corrected chi connectivity index (χ2v) is 6.01. The van der Waals surface area contributed by atoms with Crippen molar-refractivity contribution in [2.75, 3.05) is 6.54 Å². The van der Waals surface area contributed by atoms with Gasteiger partial charge < -0.3 is 10.1 Å². The smallest absolute Gasteiger partial charge is 0.220 e. The fourth-order valence-electron chi connectivity index (χ4n) is 2.34. The zero-order valence-electron chi connectivity index (χ0n) is 13.8. The van der Waals surface area contributed by atoms with Crippen molar-refractivity contribution in [3.63, 3.8) is 0 Å². The molecule has 1 aromatic rings. The summed E-state index contributed by atoms with van der Waals surface area (Å²) >= 11 is 0. The van der Waals surface area contributed by atoms with E-state index >= 15 is 0 Å². The van der Waals surface area contributed by atoms with Crippen LogP contribution in [0.25, 0.3) is 0 Å². The molecule has 0 aliphatic heterocycles. The van der Waals surface area contributed by atoms with Crippen molar-refractivity contribution in [1.29, 1.82) is 0 Å². The second kappa shape index (κ2) is 9.43. The predicted octanol–water partition coefficient (Wildman–Crippen LogP) is 3.96. The highest BCUT2D eigenvalue weighted by Gasteiger charge is 2.07. The van der Waals surface area contributed by atoms with E-state index in [4.69, 9.17) is 4.74 Å². The summed E-state index contributed by atoms with van der Waals surface area (Å²) in [6.07, 6.45) is 3.94. The first kappa shape index (κ1) is 17.5. The monoisotopic (exact) mass is 291 g/mol. The Labute approximate surface area is 129 Å². The van der Waals surface area contributed by atoms with E-state index in [1.54, 1.807) is 0 Å². The molecule has 1 amide bonds. The van der Waals surface area contributed by atoms with Crippen LogP contribution in [0.4, 0.5) is 0 Å². The Morgan fingerprint density at radius 3 is 2.43 bits per heavy atom. The van der Waals surface area contributed by atoms with E-state index in [1.807, 2.05) is 26.0 Å². The number of carbonyl (C=O) groups excluding carboxylic acids is 1. The summed E-state index contributed by atoms with van der Waals surface area (Å²) < 4.78 is 5.61. The van der Waals surface area contributed by atoms with Crippen molar-refractivity contribution in [2.24, 2.45) is 5.92 Å². The largest absolute Gasteiger partial charge is 0.491 e. The third-order valence-corrected chi connectivity index (χ3v) is 3.35. The van der Waals surface area contributed by atoms with Gasteiger partial charge in [0.05, 0.1) is 6.10 Å². The van der Waals surface area contributed by atoms with Crippen LogP contribution in [0, 0.1) is 5.92 Å². The van der Waals surface area contributed by atoms with Crippen LogP contribution >= 0.6 is 0 Å². The van der Waals surface area contributed by atoms with Crippen LogP contribution in [0.15, 0.2) is 24.3 Å². The average Bonchev–Trinajstić information content (AvgIpc) is 2.40. The van der Waals surface area contributed by atoms with Gasteiger partial charge in [-0.2, -0.15) is 0 Å². The van der Waals surface area contributed by atoms with Gasteiger partial charge in [-0.3, -0.25) is 4.79 Å². The number of benzene rings is 1. The summed E-state index contributed by atoms with van der Waals surface area (Å²) in [6.45, 7) is 9.02. The first-order chi connectivity index (χ1) is 10.0. The van der Waals surface area contributed by atoms with Gasteiger partial charge in [-0.25, -0.2) is 0 Å². The summed E-state index contributed by atoms with van der Waals surface area (Å²) in [7, 11) is 0. The zero-order valence-corrected chi connectivity index (χ0v) is 13.8. The lowest BCUT2D eigenvalue weighted by molar-refractivity contribution is -0.121. The SMILES string of the molecule is CCCC(C)CC(=O)NCCc1ccc(OC(C)C)cc1. The molecule has 0 aliphatic rings. The van der Waals surface area contributed by atoms with Gasteiger partial charge in [0.15, 0.2) is 0 Å². The highest BCUT2D eigenvalue weighted by Crippen LogP contribution is 2.14. The summed E-state index contributed by atoms with van der Waals surface area (Å²) in [4.78, 5) is 11.8. The Hall–Kier alpha value is -1.51. The number of amides is 1. The van der Waals surface area contributed by atoms with Crippen LogP contribution in [-0.4, -0.2) is 18.6 Å². The minimum Gasteiger partial charge on any atom is -0.491 e. The molecule has 21 heavy (non-hydrogen) atoms. The number of nitrogens with one attached hydrogen (secondary N) is 1. The minimum atomic E-state index is 0.163. The number of hydrogen-bond acceptors (Lipinski definition) is 2. The van der Waals surface area contributed by atoms with Crippen molar-refractivity contribution in [3.8, 4) is 5.75 Å². The second-order valence-electron chi connectivity index (χ2n) is 6.01. The van der Waals surface area contributed by atoms with Crippen molar-refractivity contribution in [2.45, 2.75) is 59.5 Å². The van der Waals surface area contributed by atoms with E-state index in [9.17, 15) is 4.79 Å². The van der Waals surface area contributed by atoms with Gasteiger partial charge in [0.2, 0.25) is 5.91 Å². The number of ether oxygens (including phenoxy) is 1. The van der Waals surface area contributed by atoms with Gasteiger partial charge in [-0.1, -0.05) is 38.8 Å². The van der Waals surface area contributed by atoms with E-state index in [1.165, 1.54) is 5.56 Å². The molecule has 118 valence electrons. The number of carbonyl (C=O) groups is 1. The maximum Gasteiger partial charge on any atom is 0.220 e. The van der Waals surface area contributed by atoms with Crippen LogP contribution in [0.1, 0.15) is 52.5 Å². The summed E-state index contributed by atoms with van der Waals surface area (Å²) in [6, 6.07) is 8.09. The van der Waals surface area contributed by atoms with Gasteiger partial charge in [0, 0.05) is 13.0 Å². The lowest BCUT2D eigenvalue weighted by Gasteiger charge is -2.11. The Bertz CT molecular complexity index is 412. The Morgan fingerprint density at radius 1 is 1.19 bits per heavy atom. The Kier molecular flexibility index (Phi) is 7.88. The topological polar surface area (TPSA) is 38.3 Å². The Morgan fingerprint density at radius 2 is 1.86 bits per heavy atom. The first-order valence-electron chi connectivity index (χ1n) is 8.03. The molecule has 1 rings (SSSR count). The molecule has 0 aromatic heterocycles. The average molecular weight is 291 g/mol. The van der Waals surface area contributed by atoms with E-state index in [2.05, 4.69) is 31.3 Å². The van der Waals surface area contributed by atoms with Gasteiger partial charge in [0.25, 0.3) is 0 Å². The molecule has 0 bridgehead atoms. The van der Waals surface area contributed by atoms with Crippen molar-refractivity contribution in [3.05, 3.63) is 29.8 Å². The van der Waals surface area contributed by atoms with Crippen molar-refractivity contribution < 1.29 is 9.53 Å². The third-order valence-electron chi connectivity index (χ3n) is 3.35. The molecule has 0 spiro atoms. The highest BCUT2D eigenvalue weighted by atomic mass is 16.5. The first-order valence-corrected chi connectivity index (χ1v) is 8.03. The van der Waals surface area contributed by atoms with Crippen LogP contribution < -0.4 is 10.1 Å². The lowest BCUT2D eigenvalue weighted by atomic mass is 10.0. The van der Waals surface area contributed by atoms with Crippen LogP contribution in [-0.2, 0) is 11.2 Å². The van der Waals surface area contributed by atoms with Gasteiger partial charge >= 0.3 is 0 Å². The Balaban J connectivity index is 2.27. The molecule has 1 aromatic carbocycles. The van der Waals surface area contributed by atoms with Crippen molar-refractivity contribution >= 4 is 5.91 Å². The molecule has 3 heteroatoms. The fraction of sp³-hybridized carbons (Fsp3) is 0.611. The van der Waals surface area contributed by atoms with Crippen LogP contribution in [0.5, 0.6) is 5.75 Å². The van der Waals surface area contributed by atoms with Gasteiger partial charge in [-0.05, 0) is 43.9 Å². The molecule has 3 nitrogen and oxygen atoms in total. The normalized spacial score (nSPS) is 12.2. The molecule has 0 heterocycles. The fourth-order valence-corrected chi connectivity index (χ4v) is 2.34. The molecular formula is C18H29NO2. The number of rotatable bonds is 9. The van der Waals surface area contributed by atoms with Crippen molar-refractivity contribution in [1.82, 2.24) is 5.32 Å². The predicted molar refractivity (Wildman–Crippen MR) is 87.6 cm³/mol. The standard InChI is InChI=1S/C18H29NO2/c1-5-6-15(4)13-18(20)19-12-11-16-7-9-17(10-8-16)21-14(2)3/h7-10,14-15H,5-6,11-13H2,1-4H3,(H,19,20). The molecular weight excluding hydrogens is 262 g/mol. The van der Waals surface area contributed by atoms with Gasteiger partial charge in [-0.15, -0.1) is 0 Å². The van der Waals surface area contributed by atoms with E-state index in [0.29, 0.717) is 18.9 Å². The summed E-state index contributed by atoms with van der Waals surface area (Å²) in [5.74, 6) is 1.53. The minimum absolute atomic E-state index is 0.163. The molecule has 1 unspecified atom stereocenters. The molecule has 0 radical (unpaired) electrons. The molecule has 0 fully saturated rings. The quantitative estimate of drug-likeness (QED) is 0.748. The van der Waals surface area contributed by atoms with Crippen LogP contribution in [0.2, 0.25) is 0 Å². The number of hydrogen-bond donors (Lipinski definition) is 1. The highest BCUT2D eigenvalue weighted by molar-refractivity contribution is 5.76. The van der Waals surface area contributed by atoms with E-state index in [0.717, 1.165) is 25.0 Å². The molecule has 0 aliphatic carbocycles.